The van der Waals surface area contributed by atoms with Gasteiger partial charge in [-0.15, -0.1) is 0 Å². The van der Waals surface area contributed by atoms with E-state index in [-0.39, 0.29) is 11.9 Å². The first kappa shape index (κ1) is 12.3. The molecule has 0 aliphatic rings. The van der Waals surface area contributed by atoms with Crippen LogP contribution in [0.3, 0.4) is 0 Å². The third-order valence-corrected chi connectivity index (χ3v) is 2.96. The molecule has 1 atom stereocenters. The molecule has 17 heavy (non-hydrogen) atoms. The molecule has 2 aromatic rings. The van der Waals surface area contributed by atoms with Crippen LogP contribution in [0.2, 0.25) is 0 Å². The number of halogens is 2. The standard InChI is InChI=1S/C13H13BrFNO/c1-2-16-13(9-3-4-17-8-9)10-5-11(14)7-12(15)6-10/h3-8,13,16H,2H2,1H3. The fourth-order valence-electron chi connectivity index (χ4n) is 1.81. The number of hydrogen-bond donors (Lipinski definition) is 1. The normalized spacial score (nSPS) is 12.6. The lowest BCUT2D eigenvalue weighted by Crippen LogP contribution is -2.21. The van der Waals surface area contributed by atoms with E-state index in [1.54, 1.807) is 12.5 Å². The summed E-state index contributed by atoms with van der Waals surface area (Å²) in [5.74, 6) is -0.249. The fraction of sp³-hybridized carbons (Fsp3) is 0.231. The lowest BCUT2D eigenvalue weighted by Gasteiger charge is -2.17. The second-order valence-corrected chi connectivity index (χ2v) is 4.67. The summed E-state index contributed by atoms with van der Waals surface area (Å²) in [6.45, 7) is 2.81. The molecule has 0 aliphatic heterocycles. The Morgan fingerprint density at radius 1 is 1.35 bits per heavy atom. The van der Waals surface area contributed by atoms with E-state index < -0.39 is 0 Å². The molecule has 0 saturated heterocycles. The van der Waals surface area contributed by atoms with Gasteiger partial charge in [0.1, 0.15) is 5.82 Å². The Morgan fingerprint density at radius 3 is 2.76 bits per heavy atom. The predicted octanol–water partition coefficient (Wildman–Crippen LogP) is 3.88. The second kappa shape index (κ2) is 5.47. The van der Waals surface area contributed by atoms with Gasteiger partial charge in [-0.05, 0) is 36.4 Å². The molecule has 90 valence electrons. The van der Waals surface area contributed by atoms with Crippen LogP contribution < -0.4 is 5.32 Å². The molecule has 1 unspecified atom stereocenters. The van der Waals surface area contributed by atoms with Gasteiger partial charge in [0.25, 0.3) is 0 Å². The van der Waals surface area contributed by atoms with Crippen LogP contribution in [0, 0.1) is 5.82 Å². The molecule has 0 aliphatic carbocycles. The van der Waals surface area contributed by atoms with Gasteiger partial charge in [0.15, 0.2) is 0 Å². The highest BCUT2D eigenvalue weighted by atomic mass is 79.9. The minimum absolute atomic E-state index is 0.0502. The first-order valence-corrected chi connectivity index (χ1v) is 6.21. The summed E-state index contributed by atoms with van der Waals surface area (Å²) in [5.41, 5.74) is 1.87. The van der Waals surface area contributed by atoms with E-state index in [0.29, 0.717) is 0 Å². The highest BCUT2D eigenvalue weighted by Gasteiger charge is 2.15. The van der Waals surface area contributed by atoms with E-state index in [0.717, 1.165) is 22.1 Å². The van der Waals surface area contributed by atoms with Crippen molar-refractivity contribution < 1.29 is 8.81 Å². The third kappa shape index (κ3) is 2.96. The highest BCUT2D eigenvalue weighted by molar-refractivity contribution is 9.10. The first-order chi connectivity index (χ1) is 8.20. The van der Waals surface area contributed by atoms with Crippen molar-refractivity contribution in [1.29, 1.82) is 0 Å². The average Bonchev–Trinajstić information content (AvgIpc) is 2.77. The van der Waals surface area contributed by atoms with Gasteiger partial charge in [0.05, 0.1) is 18.6 Å². The van der Waals surface area contributed by atoms with Crippen molar-refractivity contribution in [2.75, 3.05) is 6.54 Å². The highest BCUT2D eigenvalue weighted by Crippen LogP contribution is 2.26. The van der Waals surface area contributed by atoms with Crippen LogP contribution in [0.5, 0.6) is 0 Å². The monoisotopic (exact) mass is 297 g/mol. The van der Waals surface area contributed by atoms with Gasteiger partial charge in [0, 0.05) is 10.0 Å². The zero-order valence-electron chi connectivity index (χ0n) is 9.41. The van der Waals surface area contributed by atoms with Crippen molar-refractivity contribution >= 4 is 15.9 Å². The molecule has 1 N–H and O–H groups in total. The molecular formula is C13H13BrFNO. The van der Waals surface area contributed by atoms with Crippen LogP contribution in [0.4, 0.5) is 4.39 Å². The molecule has 2 nitrogen and oxygen atoms in total. The number of nitrogens with one attached hydrogen (secondary N) is 1. The van der Waals surface area contributed by atoms with Crippen LogP contribution >= 0.6 is 15.9 Å². The quantitative estimate of drug-likeness (QED) is 0.926. The summed E-state index contributed by atoms with van der Waals surface area (Å²) in [6, 6.07) is 6.72. The SMILES string of the molecule is CCNC(c1ccoc1)c1cc(F)cc(Br)c1. The lowest BCUT2D eigenvalue weighted by molar-refractivity contribution is 0.551. The molecule has 0 fully saturated rings. The molecule has 4 heteroatoms. The molecule has 0 spiro atoms. The molecule has 0 saturated carbocycles. The fourth-order valence-corrected chi connectivity index (χ4v) is 2.30. The van der Waals surface area contributed by atoms with Gasteiger partial charge >= 0.3 is 0 Å². The van der Waals surface area contributed by atoms with Crippen molar-refractivity contribution in [3.8, 4) is 0 Å². The third-order valence-electron chi connectivity index (χ3n) is 2.50. The van der Waals surface area contributed by atoms with Crippen LogP contribution in [-0.4, -0.2) is 6.54 Å². The minimum Gasteiger partial charge on any atom is -0.472 e. The van der Waals surface area contributed by atoms with E-state index in [4.69, 9.17) is 4.42 Å². The largest absolute Gasteiger partial charge is 0.472 e. The summed E-state index contributed by atoms with van der Waals surface area (Å²) < 4.78 is 19.2. The second-order valence-electron chi connectivity index (χ2n) is 3.75. The molecule has 1 aromatic heterocycles. The van der Waals surface area contributed by atoms with Crippen LogP contribution in [0.15, 0.2) is 45.7 Å². The molecule has 0 bridgehead atoms. The Kier molecular flexibility index (Phi) is 3.97. The summed E-state index contributed by atoms with van der Waals surface area (Å²) in [7, 11) is 0. The van der Waals surface area contributed by atoms with Gasteiger partial charge in [-0.2, -0.15) is 0 Å². The van der Waals surface area contributed by atoms with Crippen molar-refractivity contribution in [2.45, 2.75) is 13.0 Å². The van der Waals surface area contributed by atoms with Crippen LogP contribution in [0.25, 0.3) is 0 Å². The van der Waals surface area contributed by atoms with E-state index >= 15 is 0 Å². The van der Waals surface area contributed by atoms with Gasteiger partial charge in [0.2, 0.25) is 0 Å². The zero-order valence-corrected chi connectivity index (χ0v) is 11.0. The van der Waals surface area contributed by atoms with Crippen LogP contribution in [-0.2, 0) is 0 Å². The number of rotatable bonds is 4. The topological polar surface area (TPSA) is 25.2 Å². The Bertz CT molecular complexity index is 464. The molecule has 0 radical (unpaired) electrons. The van der Waals surface area contributed by atoms with Crippen molar-refractivity contribution in [3.05, 3.63) is 58.2 Å². The minimum atomic E-state index is -0.249. The predicted molar refractivity (Wildman–Crippen MR) is 68.3 cm³/mol. The summed E-state index contributed by atoms with van der Waals surface area (Å²) in [6.07, 6.45) is 3.29. The molecule has 1 heterocycles. The van der Waals surface area contributed by atoms with E-state index in [2.05, 4.69) is 21.2 Å². The Morgan fingerprint density at radius 2 is 2.18 bits per heavy atom. The maximum Gasteiger partial charge on any atom is 0.124 e. The average molecular weight is 298 g/mol. The summed E-state index contributed by atoms with van der Waals surface area (Å²) in [4.78, 5) is 0. The molecule has 1 aromatic carbocycles. The van der Waals surface area contributed by atoms with E-state index in [9.17, 15) is 4.39 Å². The van der Waals surface area contributed by atoms with Gasteiger partial charge in [-0.3, -0.25) is 0 Å². The lowest BCUT2D eigenvalue weighted by atomic mass is 10.0. The first-order valence-electron chi connectivity index (χ1n) is 5.42. The number of furan rings is 1. The molecule has 0 amide bonds. The van der Waals surface area contributed by atoms with Gasteiger partial charge in [-0.1, -0.05) is 22.9 Å². The van der Waals surface area contributed by atoms with Crippen molar-refractivity contribution in [2.24, 2.45) is 0 Å². The molecule has 2 rings (SSSR count). The smallest absolute Gasteiger partial charge is 0.124 e. The Balaban J connectivity index is 2.38. The number of benzene rings is 1. The Hall–Kier alpha value is -1.13. The molecular weight excluding hydrogens is 285 g/mol. The van der Waals surface area contributed by atoms with E-state index in [1.165, 1.54) is 12.1 Å². The summed E-state index contributed by atoms with van der Waals surface area (Å²) in [5, 5.41) is 3.31. The maximum absolute atomic E-state index is 13.4. The maximum atomic E-state index is 13.4. The summed E-state index contributed by atoms with van der Waals surface area (Å²) >= 11 is 3.30. The zero-order chi connectivity index (χ0) is 12.3. The van der Waals surface area contributed by atoms with Gasteiger partial charge < -0.3 is 9.73 Å². The Labute approximate surface area is 108 Å². The number of hydrogen-bond acceptors (Lipinski definition) is 2. The van der Waals surface area contributed by atoms with E-state index in [1.807, 2.05) is 19.1 Å². The van der Waals surface area contributed by atoms with Gasteiger partial charge in [-0.25, -0.2) is 4.39 Å². The van der Waals surface area contributed by atoms with Crippen molar-refractivity contribution in [1.82, 2.24) is 5.32 Å². The van der Waals surface area contributed by atoms with Crippen LogP contribution in [0.1, 0.15) is 24.1 Å². The van der Waals surface area contributed by atoms with Crippen molar-refractivity contribution in [3.63, 3.8) is 0 Å².